The molecule has 1 unspecified atom stereocenters. The predicted molar refractivity (Wildman–Crippen MR) is 81.4 cm³/mol. The van der Waals surface area contributed by atoms with Gasteiger partial charge in [0.15, 0.2) is 0 Å². The molecule has 3 heteroatoms. The van der Waals surface area contributed by atoms with Gasteiger partial charge in [0.25, 0.3) is 0 Å². The van der Waals surface area contributed by atoms with E-state index in [2.05, 4.69) is 23.5 Å². The highest BCUT2D eigenvalue weighted by Crippen LogP contribution is 2.42. The fraction of sp³-hybridized carbons (Fsp3) is 0.222. The van der Waals surface area contributed by atoms with Crippen molar-refractivity contribution in [3.05, 3.63) is 65.2 Å². The lowest BCUT2D eigenvalue weighted by Gasteiger charge is -2.20. The summed E-state index contributed by atoms with van der Waals surface area (Å²) >= 11 is 0. The summed E-state index contributed by atoms with van der Waals surface area (Å²) in [7, 11) is 0. The van der Waals surface area contributed by atoms with Gasteiger partial charge < -0.3 is 5.32 Å². The highest BCUT2D eigenvalue weighted by Gasteiger charge is 2.32. The SMILES string of the molecule is N#Cc1ccc(NC(c2ccccc2)C2CC2)cc1C#N. The van der Waals surface area contributed by atoms with Gasteiger partial charge in [-0.25, -0.2) is 0 Å². The Labute approximate surface area is 124 Å². The second-order valence-electron chi connectivity index (χ2n) is 5.35. The zero-order chi connectivity index (χ0) is 14.7. The van der Waals surface area contributed by atoms with Crippen LogP contribution < -0.4 is 5.32 Å². The first-order valence-corrected chi connectivity index (χ1v) is 7.07. The van der Waals surface area contributed by atoms with Gasteiger partial charge in [0, 0.05) is 5.69 Å². The summed E-state index contributed by atoms with van der Waals surface area (Å²) in [5.41, 5.74) is 3.00. The third-order valence-electron chi connectivity index (χ3n) is 3.83. The molecule has 1 aliphatic carbocycles. The molecule has 0 amide bonds. The van der Waals surface area contributed by atoms with Gasteiger partial charge in [-0.1, -0.05) is 30.3 Å². The quantitative estimate of drug-likeness (QED) is 0.916. The number of hydrogen-bond donors (Lipinski definition) is 1. The van der Waals surface area contributed by atoms with Crippen LogP contribution in [-0.2, 0) is 0 Å². The zero-order valence-corrected chi connectivity index (χ0v) is 11.6. The van der Waals surface area contributed by atoms with Gasteiger partial charge in [0.05, 0.1) is 17.2 Å². The van der Waals surface area contributed by atoms with Gasteiger partial charge in [-0.15, -0.1) is 0 Å². The number of anilines is 1. The fourth-order valence-electron chi connectivity index (χ4n) is 2.57. The van der Waals surface area contributed by atoms with Crippen LogP contribution in [0.5, 0.6) is 0 Å². The number of nitrogens with one attached hydrogen (secondary N) is 1. The Bertz CT molecular complexity index is 718. The smallest absolute Gasteiger partial charge is 0.101 e. The van der Waals surface area contributed by atoms with Crippen LogP contribution in [0.2, 0.25) is 0 Å². The Hall–Kier alpha value is -2.78. The molecule has 102 valence electrons. The Balaban J connectivity index is 1.88. The normalized spacial score (nSPS) is 14.8. The molecule has 2 aromatic rings. The number of nitriles is 2. The molecule has 3 nitrogen and oxygen atoms in total. The standard InChI is InChI=1S/C18H15N3/c19-11-15-8-9-17(10-16(15)12-20)21-18(14-6-7-14)13-4-2-1-3-5-13/h1-5,8-10,14,18,21H,6-7H2. The molecule has 0 aliphatic heterocycles. The van der Waals surface area contributed by atoms with Crippen molar-refractivity contribution in [3.63, 3.8) is 0 Å². The summed E-state index contributed by atoms with van der Waals surface area (Å²) in [4.78, 5) is 0. The van der Waals surface area contributed by atoms with Gasteiger partial charge >= 0.3 is 0 Å². The van der Waals surface area contributed by atoms with E-state index in [1.165, 1.54) is 18.4 Å². The van der Waals surface area contributed by atoms with E-state index in [0.717, 1.165) is 5.69 Å². The molecule has 0 heterocycles. The molecule has 0 saturated heterocycles. The molecular weight excluding hydrogens is 258 g/mol. The molecule has 0 aromatic heterocycles. The Morgan fingerprint density at radius 1 is 0.952 bits per heavy atom. The summed E-state index contributed by atoms with van der Waals surface area (Å²) in [5.74, 6) is 0.647. The van der Waals surface area contributed by atoms with Crippen LogP contribution in [0.3, 0.4) is 0 Å². The Kier molecular flexibility index (Phi) is 3.58. The van der Waals surface area contributed by atoms with Crippen LogP contribution >= 0.6 is 0 Å². The molecule has 0 radical (unpaired) electrons. The molecule has 1 atom stereocenters. The average molecular weight is 273 g/mol. The lowest BCUT2D eigenvalue weighted by molar-refractivity contribution is 0.679. The van der Waals surface area contributed by atoms with Crippen LogP contribution in [0, 0.1) is 28.6 Å². The first kappa shape index (κ1) is 13.2. The molecule has 1 N–H and O–H groups in total. The minimum atomic E-state index is 0.269. The van der Waals surface area contributed by atoms with Crippen molar-refractivity contribution in [1.29, 1.82) is 10.5 Å². The number of nitrogens with zero attached hydrogens (tertiary/aromatic N) is 2. The largest absolute Gasteiger partial charge is 0.378 e. The van der Waals surface area contributed by atoms with Gasteiger partial charge in [0.2, 0.25) is 0 Å². The van der Waals surface area contributed by atoms with Crippen LogP contribution in [0.4, 0.5) is 5.69 Å². The molecule has 2 aromatic carbocycles. The van der Waals surface area contributed by atoms with Gasteiger partial charge in [-0.2, -0.15) is 10.5 Å². The van der Waals surface area contributed by atoms with Crippen molar-refractivity contribution in [1.82, 2.24) is 0 Å². The Morgan fingerprint density at radius 2 is 1.67 bits per heavy atom. The van der Waals surface area contributed by atoms with E-state index in [4.69, 9.17) is 10.5 Å². The van der Waals surface area contributed by atoms with Gasteiger partial charge in [-0.05, 0) is 42.5 Å². The molecular formula is C18H15N3. The van der Waals surface area contributed by atoms with E-state index < -0.39 is 0 Å². The molecule has 1 fully saturated rings. The number of hydrogen-bond acceptors (Lipinski definition) is 3. The molecule has 0 spiro atoms. The monoisotopic (exact) mass is 273 g/mol. The third kappa shape index (κ3) is 2.88. The average Bonchev–Trinajstić information content (AvgIpc) is 3.38. The second kappa shape index (κ2) is 5.69. The first-order valence-electron chi connectivity index (χ1n) is 7.07. The predicted octanol–water partition coefficient (Wildman–Crippen LogP) is 3.99. The van der Waals surface area contributed by atoms with Crippen molar-refractivity contribution in [3.8, 4) is 12.1 Å². The molecule has 3 rings (SSSR count). The van der Waals surface area contributed by atoms with Gasteiger partial charge in [-0.3, -0.25) is 0 Å². The fourth-order valence-corrected chi connectivity index (χ4v) is 2.57. The topological polar surface area (TPSA) is 59.6 Å². The summed E-state index contributed by atoms with van der Waals surface area (Å²) in [6, 6.07) is 20.1. The molecule has 1 saturated carbocycles. The van der Waals surface area contributed by atoms with E-state index in [9.17, 15) is 0 Å². The van der Waals surface area contributed by atoms with E-state index >= 15 is 0 Å². The summed E-state index contributed by atoms with van der Waals surface area (Å²) in [5, 5.41) is 21.6. The highest BCUT2D eigenvalue weighted by molar-refractivity contribution is 5.57. The lowest BCUT2D eigenvalue weighted by atomic mass is 10.0. The van der Waals surface area contributed by atoms with E-state index in [1.54, 1.807) is 12.1 Å². The highest BCUT2D eigenvalue weighted by atomic mass is 14.9. The van der Waals surface area contributed by atoms with E-state index in [1.807, 2.05) is 30.3 Å². The summed E-state index contributed by atoms with van der Waals surface area (Å²) in [6.07, 6.45) is 2.46. The van der Waals surface area contributed by atoms with E-state index in [-0.39, 0.29) is 6.04 Å². The minimum Gasteiger partial charge on any atom is -0.378 e. The maximum atomic E-state index is 9.12. The van der Waals surface area contributed by atoms with Crippen molar-refractivity contribution in [2.75, 3.05) is 5.32 Å². The van der Waals surface area contributed by atoms with Gasteiger partial charge in [0.1, 0.15) is 12.1 Å². The third-order valence-corrected chi connectivity index (χ3v) is 3.83. The second-order valence-corrected chi connectivity index (χ2v) is 5.35. The van der Waals surface area contributed by atoms with Crippen molar-refractivity contribution < 1.29 is 0 Å². The van der Waals surface area contributed by atoms with Crippen LogP contribution in [0.25, 0.3) is 0 Å². The van der Waals surface area contributed by atoms with Crippen molar-refractivity contribution in [2.24, 2.45) is 5.92 Å². The lowest BCUT2D eigenvalue weighted by Crippen LogP contribution is -2.13. The van der Waals surface area contributed by atoms with Crippen molar-refractivity contribution in [2.45, 2.75) is 18.9 Å². The molecule has 21 heavy (non-hydrogen) atoms. The van der Waals surface area contributed by atoms with E-state index in [0.29, 0.717) is 17.0 Å². The first-order chi connectivity index (χ1) is 10.3. The molecule has 0 bridgehead atoms. The Morgan fingerprint density at radius 3 is 2.29 bits per heavy atom. The summed E-state index contributed by atoms with van der Waals surface area (Å²) < 4.78 is 0. The maximum absolute atomic E-state index is 9.12. The summed E-state index contributed by atoms with van der Waals surface area (Å²) in [6.45, 7) is 0. The zero-order valence-electron chi connectivity index (χ0n) is 11.6. The van der Waals surface area contributed by atoms with Crippen molar-refractivity contribution >= 4 is 5.69 Å². The minimum absolute atomic E-state index is 0.269. The van der Waals surface area contributed by atoms with Crippen LogP contribution in [0.1, 0.15) is 35.6 Å². The number of rotatable bonds is 4. The number of benzene rings is 2. The maximum Gasteiger partial charge on any atom is 0.101 e. The van der Waals surface area contributed by atoms with Crippen LogP contribution in [0.15, 0.2) is 48.5 Å². The molecule has 1 aliphatic rings. The van der Waals surface area contributed by atoms with Crippen LogP contribution in [-0.4, -0.2) is 0 Å².